The number of imidazole rings is 1. The Kier molecular flexibility index (Phi) is 5.01. The summed E-state index contributed by atoms with van der Waals surface area (Å²) in [5.74, 6) is 1.19. The number of piperidine rings is 1. The Labute approximate surface area is 153 Å². The standard InChI is InChI=1S/C18H27N7O/c1-2-24-7-3-4-14(24)10-19-18(26)13-5-8-25(9-6-13)17-15-16(21-11-20-15)22-12-23-17/h11-14H,2-10H2,1H3,(H,19,26)(H,20,21,22,23)/t14-/m1/s1. The summed E-state index contributed by atoms with van der Waals surface area (Å²) in [6.45, 7) is 6.87. The first-order valence-electron chi connectivity index (χ1n) is 9.67. The van der Waals surface area contributed by atoms with E-state index in [0.29, 0.717) is 11.7 Å². The summed E-state index contributed by atoms with van der Waals surface area (Å²) in [7, 11) is 0. The quantitative estimate of drug-likeness (QED) is 0.835. The Morgan fingerprint density at radius 1 is 1.23 bits per heavy atom. The fourth-order valence-corrected chi connectivity index (χ4v) is 4.25. The Morgan fingerprint density at radius 3 is 2.88 bits per heavy atom. The number of fused-ring (bicyclic) bond motifs is 1. The number of rotatable bonds is 5. The molecule has 8 heteroatoms. The molecule has 2 saturated heterocycles. The van der Waals surface area contributed by atoms with Gasteiger partial charge in [-0.25, -0.2) is 15.0 Å². The Bertz CT molecular complexity index is 753. The molecule has 2 fully saturated rings. The van der Waals surface area contributed by atoms with E-state index in [4.69, 9.17) is 0 Å². The SMILES string of the molecule is CCN1CCC[C@@H]1CNC(=O)C1CCN(c2ncnc3nc[nH]c23)CC1. The van der Waals surface area contributed by atoms with Gasteiger partial charge >= 0.3 is 0 Å². The lowest BCUT2D eigenvalue weighted by Crippen LogP contribution is -2.45. The predicted molar refractivity (Wildman–Crippen MR) is 99.9 cm³/mol. The molecule has 1 atom stereocenters. The number of hydrogen-bond donors (Lipinski definition) is 2. The van der Waals surface area contributed by atoms with Crippen LogP contribution >= 0.6 is 0 Å². The number of hydrogen-bond acceptors (Lipinski definition) is 6. The van der Waals surface area contributed by atoms with Crippen LogP contribution in [0.1, 0.15) is 32.6 Å². The Hall–Kier alpha value is -2.22. The van der Waals surface area contributed by atoms with E-state index in [1.165, 1.54) is 12.8 Å². The average molecular weight is 357 g/mol. The molecule has 2 aromatic rings. The molecule has 1 amide bonds. The number of H-pyrrole nitrogens is 1. The highest BCUT2D eigenvalue weighted by Crippen LogP contribution is 2.26. The maximum atomic E-state index is 12.6. The summed E-state index contributed by atoms with van der Waals surface area (Å²) in [6, 6.07) is 0.513. The molecular formula is C18H27N7O. The minimum atomic E-state index is 0.0989. The largest absolute Gasteiger partial charge is 0.355 e. The number of aromatic nitrogens is 4. The molecule has 4 heterocycles. The third kappa shape index (κ3) is 3.38. The topological polar surface area (TPSA) is 90.0 Å². The maximum absolute atomic E-state index is 12.6. The first kappa shape index (κ1) is 17.2. The molecule has 2 aliphatic rings. The van der Waals surface area contributed by atoms with E-state index in [2.05, 4.69) is 42.0 Å². The number of carbonyl (C=O) groups is 1. The number of anilines is 1. The van der Waals surface area contributed by atoms with Crippen molar-refractivity contribution in [3.8, 4) is 0 Å². The molecule has 0 aliphatic carbocycles. The third-order valence-electron chi connectivity index (χ3n) is 5.79. The molecule has 0 spiro atoms. The van der Waals surface area contributed by atoms with Crippen LogP contribution in [0.15, 0.2) is 12.7 Å². The van der Waals surface area contributed by atoms with E-state index in [1.807, 2.05) is 0 Å². The van der Waals surface area contributed by atoms with Gasteiger partial charge in [0.2, 0.25) is 5.91 Å². The first-order chi connectivity index (χ1) is 12.8. The van der Waals surface area contributed by atoms with Gasteiger partial charge in [0.05, 0.1) is 6.33 Å². The lowest BCUT2D eigenvalue weighted by atomic mass is 9.95. The predicted octanol–water partition coefficient (Wildman–Crippen LogP) is 1.17. The number of carbonyl (C=O) groups excluding carboxylic acids is 1. The smallest absolute Gasteiger partial charge is 0.223 e. The summed E-state index contributed by atoms with van der Waals surface area (Å²) in [4.78, 5) is 33.2. The van der Waals surface area contributed by atoms with E-state index in [9.17, 15) is 4.79 Å². The number of aromatic amines is 1. The highest BCUT2D eigenvalue weighted by atomic mass is 16.1. The molecule has 2 aliphatic heterocycles. The summed E-state index contributed by atoms with van der Waals surface area (Å²) in [5, 5.41) is 3.20. The molecule has 2 aromatic heterocycles. The van der Waals surface area contributed by atoms with Gasteiger partial charge in [0, 0.05) is 31.6 Å². The van der Waals surface area contributed by atoms with Crippen LogP contribution in [-0.2, 0) is 4.79 Å². The molecular weight excluding hydrogens is 330 g/mol. The van der Waals surface area contributed by atoms with Crippen molar-refractivity contribution in [2.45, 2.75) is 38.6 Å². The summed E-state index contributed by atoms with van der Waals surface area (Å²) in [5.41, 5.74) is 1.56. The van der Waals surface area contributed by atoms with Crippen molar-refractivity contribution in [3.63, 3.8) is 0 Å². The zero-order chi connectivity index (χ0) is 17.9. The second kappa shape index (κ2) is 7.57. The van der Waals surface area contributed by atoms with Gasteiger partial charge in [-0.3, -0.25) is 9.69 Å². The van der Waals surface area contributed by atoms with Gasteiger partial charge in [-0.1, -0.05) is 6.92 Å². The molecule has 8 nitrogen and oxygen atoms in total. The maximum Gasteiger partial charge on any atom is 0.223 e. The molecule has 4 rings (SSSR count). The average Bonchev–Trinajstić information content (AvgIpc) is 3.34. The fraction of sp³-hybridized carbons (Fsp3) is 0.667. The molecule has 140 valence electrons. The minimum Gasteiger partial charge on any atom is -0.355 e. The van der Waals surface area contributed by atoms with Crippen LogP contribution < -0.4 is 10.2 Å². The second-order valence-electron chi connectivity index (χ2n) is 7.23. The van der Waals surface area contributed by atoms with Crippen LogP contribution in [0.2, 0.25) is 0 Å². The van der Waals surface area contributed by atoms with Crippen LogP contribution in [0.5, 0.6) is 0 Å². The van der Waals surface area contributed by atoms with Gasteiger partial charge in [-0.2, -0.15) is 0 Å². The fourth-order valence-electron chi connectivity index (χ4n) is 4.25. The van der Waals surface area contributed by atoms with Gasteiger partial charge in [0.1, 0.15) is 11.8 Å². The summed E-state index contributed by atoms with van der Waals surface area (Å²) in [6.07, 6.45) is 7.35. The Morgan fingerprint density at radius 2 is 2.08 bits per heavy atom. The van der Waals surface area contributed by atoms with E-state index in [0.717, 1.165) is 56.9 Å². The molecule has 2 N–H and O–H groups in total. The van der Waals surface area contributed by atoms with Crippen molar-refractivity contribution in [2.24, 2.45) is 5.92 Å². The van der Waals surface area contributed by atoms with Crippen LogP contribution in [0.3, 0.4) is 0 Å². The highest BCUT2D eigenvalue weighted by molar-refractivity contribution is 5.83. The molecule has 0 bridgehead atoms. The molecule has 26 heavy (non-hydrogen) atoms. The van der Waals surface area contributed by atoms with Gasteiger partial charge in [0.15, 0.2) is 11.5 Å². The van der Waals surface area contributed by atoms with Crippen molar-refractivity contribution < 1.29 is 4.79 Å². The molecule has 0 saturated carbocycles. The lowest BCUT2D eigenvalue weighted by Gasteiger charge is -2.32. The van der Waals surface area contributed by atoms with Gasteiger partial charge in [0.25, 0.3) is 0 Å². The molecule has 0 aromatic carbocycles. The first-order valence-corrected chi connectivity index (χ1v) is 9.67. The van der Waals surface area contributed by atoms with E-state index in [-0.39, 0.29) is 11.8 Å². The van der Waals surface area contributed by atoms with Gasteiger partial charge in [-0.05, 0) is 38.8 Å². The third-order valence-corrected chi connectivity index (χ3v) is 5.79. The van der Waals surface area contributed by atoms with E-state index < -0.39 is 0 Å². The van der Waals surface area contributed by atoms with Gasteiger partial charge < -0.3 is 15.2 Å². The van der Waals surface area contributed by atoms with Crippen LogP contribution in [0.4, 0.5) is 5.82 Å². The van der Waals surface area contributed by atoms with Crippen molar-refractivity contribution in [2.75, 3.05) is 37.6 Å². The zero-order valence-corrected chi connectivity index (χ0v) is 15.3. The zero-order valence-electron chi connectivity index (χ0n) is 15.3. The monoisotopic (exact) mass is 357 g/mol. The second-order valence-corrected chi connectivity index (χ2v) is 7.23. The lowest BCUT2D eigenvalue weighted by molar-refractivity contribution is -0.125. The molecule has 0 unspecified atom stereocenters. The van der Waals surface area contributed by atoms with Crippen molar-refractivity contribution >= 4 is 22.9 Å². The summed E-state index contributed by atoms with van der Waals surface area (Å²) < 4.78 is 0. The highest BCUT2D eigenvalue weighted by Gasteiger charge is 2.28. The van der Waals surface area contributed by atoms with Crippen LogP contribution in [0, 0.1) is 5.92 Å². The number of nitrogens with zero attached hydrogens (tertiary/aromatic N) is 5. The molecule has 0 radical (unpaired) electrons. The normalized spacial score (nSPS) is 22.2. The van der Waals surface area contributed by atoms with E-state index in [1.54, 1.807) is 12.7 Å². The van der Waals surface area contributed by atoms with Crippen molar-refractivity contribution in [1.29, 1.82) is 0 Å². The van der Waals surface area contributed by atoms with Gasteiger partial charge in [-0.15, -0.1) is 0 Å². The van der Waals surface area contributed by atoms with E-state index >= 15 is 0 Å². The van der Waals surface area contributed by atoms with Crippen molar-refractivity contribution in [1.82, 2.24) is 30.2 Å². The number of amides is 1. The van der Waals surface area contributed by atoms with Crippen molar-refractivity contribution in [3.05, 3.63) is 12.7 Å². The number of likely N-dealkylation sites (N-methyl/N-ethyl adjacent to an activating group) is 1. The Balaban J connectivity index is 1.30. The van der Waals surface area contributed by atoms with Crippen LogP contribution in [0.25, 0.3) is 11.2 Å². The summed E-state index contributed by atoms with van der Waals surface area (Å²) >= 11 is 0. The number of nitrogens with one attached hydrogen (secondary N) is 2. The number of likely N-dealkylation sites (tertiary alicyclic amines) is 1. The minimum absolute atomic E-state index is 0.0989. The van der Waals surface area contributed by atoms with Crippen LogP contribution in [-0.4, -0.2) is 69.5 Å².